The highest BCUT2D eigenvalue weighted by Gasteiger charge is 2.62. The minimum atomic E-state index is -0.0173. The van der Waals surface area contributed by atoms with E-state index in [1.807, 2.05) is 6.07 Å². The summed E-state index contributed by atoms with van der Waals surface area (Å²) in [6.07, 6.45) is 7.87. The molecule has 34 heavy (non-hydrogen) atoms. The second kappa shape index (κ2) is 9.19. The third kappa shape index (κ3) is 3.81. The summed E-state index contributed by atoms with van der Waals surface area (Å²) in [7, 11) is 0. The van der Waals surface area contributed by atoms with E-state index in [9.17, 15) is 9.59 Å². The molecule has 3 saturated carbocycles. The first-order chi connectivity index (χ1) is 16.3. The highest BCUT2D eigenvalue weighted by molar-refractivity contribution is 8.00. The Hall–Kier alpha value is -1.49. The van der Waals surface area contributed by atoms with Gasteiger partial charge in [0.1, 0.15) is 0 Å². The standard InChI is InChI=1S/C29H42N2O2S/c1-5-31(6-2)27(33)23-14-13-21-20-12-15-25-29(4,22(20)16-17-28(21,23)3)18-24(26(32)30-25)34-19-10-8-7-9-11-19/h7-11,20-25H,5-6,12-18H2,1-4H3,(H,30,32)/t20-,21-,22?,23+,24?,25+,28-,29+/m0/s1. The predicted molar refractivity (Wildman–Crippen MR) is 138 cm³/mol. The molecule has 1 aromatic rings. The Morgan fingerprint density at radius 1 is 1.00 bits per heavy atom. The van der Waals surface area contributed by atoms with E-state index in [4.69, 9.17) is 0 Å². The van der Waals surface area contributed by atoms with E-state index < -0.39 is 0 Å². The van der Waals surface area contributed by atoms with Crippen molar-refractivity contribution in [2.24, 2.45) is 34.5 Å². The molecule has 1 N–H and O–H groups in total. The Kier molecular flexibility index (Phi) is 6.54. The quantitative estimate of drug-likeness (QED) is 0.580. The van der Waals surface area contributed by atoms with Crippen LogP contribution in [-0.4, -0.2) is 41.1 Å². The molecule has 0 radical (unpaired) electrons. The number of nitrogens with one attached hydrogen (secondary N) is 1. The molecule has 4 aliphatic rings. The van der Waals surface area contributed by atoms with Gasteiger partial charge in [-0.25, -0.2) is 0 Å². The number of hydrogen-bond acceptors (Lipinski definition) is 3. The van der Waals surface area contributed by atoms with E-state index in [0.717, 1.165) is 38.8 Å². The van der Waals surface area contributed by atoms with Crippen molar-refractivity contribution >= 4 is 23.6 Å². The molecule has 4 nitrogen and oxygen atoms in total. The summed E-state index contributed by atoms with van der Waals surface area (Å²) in [5.74, 6) is 2.79. The molecule has 5 rings (SSSR count). The minimum absolute atomic E-state index is 0.0173. The van der Waals surface area contributed by atoms with Crippen LogP contribution in [0.2, 0.25) is 0 Å². The third-order valence-electron chi connectivity index (χ3n) is 10.5. The van der Waals surface area contributed by atoms with Crippen molar-refractivity contribution in [3.63, 3.8) is 0 Å². The Morgan fingerprint density at radius 3 is 2.41 bits per heavy atom. The number of thioether (sulfide) groups is 1. The molecular formula is C29H42N2O2S. The lowest BCUT2D eigenvalue weighted by Gasteiger charge is -2.61. The van der Waals surface area contributed by atoms with Gasteiger partial charge in [-0.15, -0.1) is 11.8 Å². The first-order valence-electron chi connectivity index (χ1n) is 13.6. The first-order valence-corrected chi connectivity index (χ1v) is 14.5. The number of piperidine rings is 1. The van der Waals surface area contributed by atoms with E-state index in [0.29, 0.717) is 29.7 Å². The van der Waals surface area contributed by atoms with Crippen LogP contribution in [0.5, 0.6) is 0 Å². The van der Waals surface area contributed by atoms with Gasteiger partial charge in [0.15, 0.2) is 0 Å². The maximum atomic E-state index is 13.4. The number of rotatable bonds is 5. The highest BCUT2D eigenvalue weighted by atomic mass is 32.2. The lowest BCUT2D eigenvalue weighted by atomic mass is 9.47. The van der Waals surface area contributed by atoms with E-state index in [1.165, 1.54) is 24.2 Å². The van der Waals surface area contributed by atoms with E-state index in [1.54, 1.807) is 11.8 Å². The highest BCUT2D eigenvalue weighted by Crippen LogP contribution is 2.66. The van der Waals surface area contributed by atoms with Crippen molar-refractivity contribution in [3.8, 4) is 0 Å². The summed E-state index contributed by atoms with van der Waals surface area (Å²) in [6.45, 7) is 10.8. The monoisotopic (exact) mass is 482 g/mol. The van der Waals surface area contributed by atoms with Crippen LogP contribution < -0.4 is 5.32 Å². The summed E-state index contributed by atoms with van der Waals surface area (Å²) >= 11 is 1.74. The third-order valence-corrected chi connectivity index (χ3v) is 11.7. The molecule has 0 spiro atoms. The Balaban J connectivity index is 1.37. The number of hydrogen-bond donors (Lipinski definition) is 1. The lowest BCUT2D eigenvalue weighted by molar-refractivity contribution is -0.147. The maximum Gasteiger partial charge on any atom is 0.233 e. The van der Waals surface area contributed by atoms with Gasteiger partial charge in [-0.2, -0.15) is 0 Å². The van der Waals surface area contributed by atoms with Crippen LogP contribution in [0.1, 0.15) is 72.6 Å². The minimum Gasteiger partial charge on any atom is -0.352 e. The van der Waals surface area contributed by atoms with Crippen molar-refractivity contribution < 1.29 is 9.59 Å². The van der Waals surface area contributed by atoms with Crippen molar-refractivity contribution in [2.45, 2.75) is 88.8 Å². The van der Waals surface area contributed by atoms with E-state index in [-0.39, 0.29) is 27.9 Å². The number of fused-ring (bicyclic) bond motifs is 5. The van der Waals surface area contributed by atoms with Crippen molar-refractivity contribution in [3.05, 3.63) is 30.3 Å². The van der Waals surface area contributed by atoms with Gasteiger partial charge in [0, 0.05) is 29.9 Å². The number of amides is 2. The van der Waals surface area contributed by atoms with Gasteiger partial charge in [-0.05, 0) is 99.5 Å². The first kappa shape index (κ1) is 24.2. The van der Waals surface area contributed by atoms with Crippen molar-refractivity contribution in [2.75, 3.05) is 13.1 Å². The average Bonchev–Trinajstić information content (AvgIpc) is 3.18. The Labute approximate surface area is 210 Å². The summed E-state index contributed by atoms with van der Waals surface area (Å²) in [4.78, 5) is 29.7. The molecular weight excluding hydrogens is 440 g/mol. The van der Waals surface area contributed by atoms with Crippen LogP contribution in [-0.2, 0) is 9.59 Å². The smallest absolute Gasteiger partial charge is 0.233 e. The fraction of sp³-hybridized carbons (Fsp3) is 0.724. The Morgan fingerprint density at radius 2 is 1.71 bits per heavy atom. The summed E-state index contributed by atoms with van der Waals surface area (Å²) in [5, 5.41) is 3.45. The second-order valence-corrected chi connectivity index (χ2v) is 13.1. The van der Waals surface area contributed by atoms with Gasteiger partial charge in [0.25, 0.3) is 0 Å². The van der Waals surface area contributed by atoms with Gasteiger partial charge >= 0.3 is 0 Å². The molecule has 2 unspecified atom stereocenters. The largest absolute Gasteiger partial charge is 0.352 e. The molecule has 0 bridgehead atoms. The zero-order valence-electron chi connectivity index (χ0n) is 21.4. The second-order valence-electron chi connectivity index (χ2n) is 11.8. The Bertz CT molecular complexity index is 918. The maximum absolute atomic E-state index is 13.4. The van der Waals surface area contributed by atoms with Crippen LogP contribution in [0, 0.1) is 34.5 Å². The summed E-state index contributed by atoms with van der Waals surface area (Å²) in [5.41, 5.74) is 0.283. The molecule has 1 saturated heterocycles. The zero-order valence-corrected chi connectivity index (χ0v) is 22.2. The summed E-state index contributed by atoms with van der Waals surface area (Å²) in [6, 6.07) is 10.7. The molecule has 4 fully saturated rings. The van der Waals surface area contributed by atoms with E-state index >= 15 is 0 Å². The van der Waals surface area contributed by atoms with Crippen LogP contribution in [0.25, 0.3) is 0 Å². The molecule has 5 heteroatoms. The molecule has 1 aromatic carbocycles. The van der Waals surface area contributed by atoms with Crippen molar-refractivity contribution in [1.82, 2.24) is 10.2 Å². The lowest BCUT2D eigenvalue weighted by Crippen LogP contribution is -2.64. The average molecular weight is 483 g/mol. The predicted octanol–water partition coefficient (Wildman–Crippen LogP) is 5.76. The van der Waals surface area contributed by atoms with Crippen LogP contribution in [0.4, 0.5) is 0 Å². The molecule has 8 atom stereocenters. The fourth-order valence-corrected chi connectivity index (χ4v) is 9.92. The molecule has 1 aliphatic heterocycles. The topological polar surface area (TPSA) is 49.4 Å². The van der Waals surface area contributed by atoms with Crippen LogP contribution >= 0.6 is 11.8 Å². The van der Waals surface area contributed by atoms with Crippen molar-refractivity contribution in [1.29, 1.82) is 0 Å². The zero-order chi connectivity index (χ0) is 24.1. The summed E-state index contributed by atoms with van der Waals surface area (Å²) < 4.78 is 0. The number of carbonyl (C=O) groups is 2. The van der Waals surface area contributed by atoms with Gasteiger partial charge in [-0.1, -0.05) is 32.0 Å². The SMILES string of the molecule is CCN(CC)C(=O)[C@H]1CC[C@H]2[C@@H]3CC[C@H]4NC(=O)C(Sc5ccccc5)C[C@]4(C)C3CC[C@]12C. The van der Waals surface area contributed by atoms with Crippen LogP contribution in [0.15, 0.2) is 35.2 Å². The molecule has 1 heterocycles. The van der Waals surface area contributed by atoms with Crippen LogP contribution in [0.3, 0.4) is 0 Å². The number of carbonyl (C=O) groups excluding carboxylic acids is 2. The fourth-order valence-electron chi connectivity index (χ4n) is 8.66. The number of benzene rings is 1. The van der Waals surface area contributed by atoms with Gasteiger partial charge < -0.3 is 10.2 Å². The number of nitrogens with zero attached hydrogens (tertiary/aromatic N) is 1. The molecule has 0 aromatic heterocycles. The van der Waals surface area contributed by atoms with Gasteiger partial charge in [0.2, 0.25) is 11.8 Å². The van der Waals surface area contributed by atoms with Gasteiger partial charge in [-0.3, -0.25) is 9.59 Å². The molecule has 3 aliphatic carbocycles. The molecule has 2 amide bonds. The van der Waals surface area contributed by atoms with Gasteiger partial charge in [0.05, 0.1) is 5.25 Å². The normalized spacial score (nSPS) is 41.1. The van der Waals surface area contributed by atoms with E-state index in [2.05, 4.69) is 62.2 Å². The molecule has 186 valence electrons.